The lowest BCUT2D eigenvalue weighted by atomic mass is 9.85. The molecule has 0 unspecified atom stereocenters. The monoisotopic (exact) mass is 325 g/mol. The first-order valence-corrected chi connectivity index (χ1v) is 7.07. The molecule has 1 saturated carbocycles. The Hall–Kier alpha value is -1.43. The van der Waals surface area contributed by atoms with Gasteiger partial charge in [-0.15, -0.1) is 0 Å². The van der Waals surface area contributed by atoms with Gasteiger partial charge in [0.25, 0.3) is 5.91 Å². The third-order valence-corrected chi connectivity index (χ3v) is 3.92. The van der Waals surface area contributed by atoms with Crippen LogP contribution in [0.3, 0.4) is 0 Å². The molecule has 1 aromatic rings. The Morgan fingerprint density at radius 2 is 1.95 bits per heavy atom. The lowest BCUT2D eigenvalue weighted by Crippen LogP contribution is -2.39. The van der Waals surface area contributed by atoms with Crippen LogP contribution in [0, 0.1) is 5.92 Å². The first kappa shape index (κ1) is 14.0. The Bertz CT molecular complexity index is 467. The van der Waals surface area contributed by atoms with E-state index in [1.807, 2.05) is 0 Å². The fourth-order valence-electron chi connectivity index (χ4n) is 2.30. The number of pyridine rings is 1. The molecule has 6 heteroatoms. The van der Waals surface area contributed by atoms with E-state index in [2.05, 4.69) is 26.2 Å². The van der Waals surface area contributed by atoms with E-state index < -0.39 is 0 Å². The highest BCUT2D eigenvalue weighted by atomic mass is 79.9. The molecule has 2 amide bonds. The first-order chi connectivity index (χ1) is 9.06. The molecule has 0 spiro atoms. The van der Waals surface area contributed by atoms with Gasteiger partial charge >= 0.3 is 0 Å². The number of halogens is 1. The predicted octanol–water partition coefficient (Wildman–Crippen LogP) is 1.62. The molecule has 2 rings (SSSR count). The minimum Gasteiger partial charge on any atom is -0.369 e. The molecule has 1 aliphatic rings. The van der Waals surface area contributed by atoms with Crippen molar-refractivity contribution in [2.75, 3.05) is 0 Å². The lowest BCUT2D eigenvalue weighted by molar-refractivity contribution is -0.122. The van der Waals surface area contributed by atoms with Gasteiger partial charge in [0.2, 0.25) is 5.91 Å². The summed E-state index contributed by atoms with van der Waals surface area (Å²) in [5.41, 5.74) is 5.82. The second-order valence-electron chi connectivity index (χ2n) is 4.79. The van der Waals surface area contributed by atoms with Crippen molar-refractivity contribution >= 4 is 27.7 Å². The van der Waals surface area contributed by atoms with E-state index in [0.717, 1.165) is 25.7 Å². The van der Waals surface area contributed by atoms with Gasteiger partial charge in [0.1, 0.15) is 4.60 Å². The normalized spacial score (nSPS) is 22.8. The molecule has 0 aliphatic heterocycles. The fourth-order valence-corrected chi connectivity index (χ4v) is 2.54. The highest BCUT2D eigenvalue weighted by molar-refractivity contribution is 9.10. The van der Waals surface area contributed by atoms with E-state index in [4.69, 9.17) is 5.73 Å². The predicted molar refractivity (Wildman–Crippen MR) is 74.3 cm³/mol. The quantitative estimate of drug-likeness (QED) is 0.828. The molecule has 19 heavy (non-hydrogen) atoms. The summed E-state index contributed by atoms with van der Waals surface area (Å²) in [6, 6.07) is 3.58. The van der Waals surface area contributed by atoms with Crippen molar-refractivity contribution in [2.24, 2.45) is 11.7 Å². The molecule has 1 aliphatic carbocycles. The Labute approximate surface area is 120 Å². The standard InChI is InChI=1S/C13H16BrN3O2/c14-11-6-3-9(7-16-11)13(19)17-10-4-1-8(2-5-10)12(15)18/h3,6-8,10H,1-2,4-5H2,(H2,15,18)(H,17,19). The van der Waals surface area contributed by atoms with Gasteiger partial charge in [-0.3, -0.25) is 9.59 Å². The zero-order valence-corrected chi connectivity index (χ0v) is 12.0. The summed E-state index contributed by atoms with van der Waals surface area (Å²) in [5, 5.41) is 2.97. The average molecular weight is 326 g/mol. The van der Waals surface area contributed by atoms with Crippen molar-refractivity contribution in [3.8, 4) is 0 Å². The zero-order chi connectivity index (χ0) is 13.8. The van der Waals surface area contributed by atoms with E-state index in [-0.39, 0.29) is 23.8 Å². The number of carbonyl (C=O) groups is 2. The van der Waals surface area contributed by atoms with E-state index >= 15 is 0 Å². The second kappa shape index (κ2) is 6.14. The third-order valence-electron chi connectivity index (χ3n) is 3.45. The van der Waals surface area contributed by atoms with Gasteiger partial charge in [-0.25, -0.2) is 4.98 Å². The number of nitrogens with zero attached hydrogens (tertiary/aromatic N) is 1. The highest BCUT2D eigenvalue weighted by Gasteiger charge is 2.25. The number of carbonyl (C=O) groups excluding carboxylic acids is 2. The van der Waals surface area contributed by atoms with Crippen LogP contribution in [0.15, 0.2) is 22.9 Å². The summed E-state index contributed by atoms with van der Waals surface area (Å²) in [5.74, 6) is -0.396. The summed E-state index contributed by atoms with van der Waals surface area (Å²) < 4.78 is 0.700. The summed E-state index contributed by atoms with van der Waals surface area (Å²) in [6.07, 6.45) is 4.62. The van der Waals surface area contributed by atoms with E-state index in [1.54, 1.807) is 12.1 Å². The molecule has 1 heterocycles. The number of aromatic nitrogens is 1. The van der Waals surface area contributed by atoms with E-state index in [0.29, 0.717) is 10.2 Å². The van der Waals surface area contributed by atoms with Crippen molar-refractivity contribution in [2.45, 2.75) is 31.7 Å². The van der Waals surface area contributed by atoms with Crippen molar-refractivity contribution in [3.05, 3.63) is 28.5 Å². The number of primary amides is 1. The van der Waals surface area contributed by atoms with Gasteiger partial charge in [0.05, 0.1) is 5.56 Å². The third kappa shape index (κ3) is 3.76. The Kier molecular flexibility index (Phi) is 4.52. The van der Waals surface area contributed by atoms with Gasteiger partial charge in [0.15, 0.2) is 0 Å². The van der Waals surface area contributed by atoms with Crippen LogP contribution in [0.4, 0.5) is 0 Å². The topological polar surface area (TPSA) is 85.1 Å². The van der Waals surface area contributed by atoms with Gasteiger partial charge in [0, 0.05) is 18.2 Å². The molecule has 0 radical (unpaired) electrons. The number of rotatable bonds is 3. The summed E-state index contributed by atoms with van der Waals surface area (Å²) in [7, 11) is 0. The van der Waals surface area contributed by atoms with E-state index in [9.17, 15) is 9.59 Å². The maximum absolute atomic E-state index is 12.0. The molecule has 1 aromatic heterocycles. The summed E-state index contributed by atoms with van der Waals surface area (Å²) in [6.45, 7) is 0. The molecule has 0 atom stereocenters. The van der Waals surface area contributed by atoms with Gasteiger partial charge in [-0.2, -0.15) is 0 Å². The Morgan fingerprint density at radius 1 is 1.26 bits per heavy atom. The Balaban J connectivity index is 1.87. The smallest absolute Gasteiger partial charge is 0.253 e. The fraction of sp³-hybridized carbons (Fsp3) is 0.462. The van der Waals surface area contributed by atoms with E-state index in [1.165, 1.54) is 6.20 Å². The molecular formula is C13H16BrN3O2. The van der Waals surface area contributed by atoms with Gasteiger partial charge < -0.3 is 11.1 Å². The number of nitrogens with two attached hydrogens (primary N) is 1. The maximum atomic E-state index is 12.0. The second-order valence-corrected chi connectivity index (χ2v) is 5.61. The zero-order valence-electron chi connectivity index (χ0n) is 10.4. The first-order valence-electron chi connectivity index (χ1n) is 6.28. The van der Waals surface area contributed by atoms with Crippen LogP contribution in [0.5, 0.6) is 0 Å². The van der Waals surface area contributed by atoms with Crippen LogP contribution in [0.1, 0.15) is 36.0 Å². The van der Waals surface area contributed by atoms with Crippen LogP contribution in [0.25, 0.3) is 0 Å². The molecule has 0 bridgehead atoms. The molecule has 0 aromatic carbocycles. The van der Waals surface area contributed by atoms with Crippen LogP contribution in [-0.4, -0.2) is 22.8 Å². The summed E-state index contributed by atoms with van der Waals surface area (Å²) >= 11 is 3.23. The number of hydrogen-bond acceptors (Lipinski definition) is 3. The number of nitrogens with one attached hydrogen (secondary N) is 1. The van der Waals surface area contributed by atoms with Crippen LogP contribution >= 0.6 is 15.9 Å². The van der Waals surface area contributed by atoms with Crippen LogP contribution in [0.2, 0.25) is 0 Å². The lowest BCUT2D eigenvalue weighted by Gasteiger charge is -2.27. The van der Waals surface area contributed by atoms with Crippen molar-refractivity contribution in [1.29, 1.82) is 0 Å². The van der Waals surface area contributed by atoms with Gasteiger partial charge in [-0.1, -0.05) is 0 Å². The maximum Gasteiger partial charge on any atom is 0.253 e. The number of amides is 2. The molecule has 102 valence electrons. The van der Waals surface area contributed by atoms with Crippen molar-refractivity contribution in [1.82, 2.24) is 10.3 Å². The van der Waals surface area contributed by atoms with Gasteiger partial charge in [-0.05, 0) is 53.7 Å². The molecule has 3 N–H and O–H groups in total. The molecule has 0 saturated heterocycles. The minimum absolute atomic E-state index is 0.0394. The SMILES string of the molecule is NC(=O)C1CCC(NC(=O)c2ccc(Br)nc2)CC1. The Morgan fingerprint density at radius 3 is 2.47 bits per heavy atom. The molecular weight excluding hydrogens is 310 g/mol. The highest BCUT2D eigenvalue weighted by Crippen LogP contribution is 2.24. The minimum atomic E-state index is -0.234. The van der Waals surface area contributed by atoms with Crippen molar-refractivity contribution in [3.63, 3.8) is 0 Å². The van der Waals surface area contributed by atoms with Crippen LogP contribution in [-0.2, 0) is 4.79 Å². The molecule has 5 nitrogen and oxygen atoms in total. The average Bonchev–Trinajstić information content (AvgIpc) is 2.40. The van der Waals surface area contributed by atoms with Crippen molar-refractivity contribution < 1.29 is 9.59 Å². The number of hydrogen-bond donors (Lipinski definition) is 2. The molecule has 1 fully saturated rings. The summed E-state index contributed by atoms with van der Waals surface area (Å²) in [4.78, 5) is 27.1. The van der Waals surface area contributed by atoms with Crippen LogP contribution < -0.4 is 11.1 Å². The largest absolute Gasteiger partial charge is 0.369 e.